The van der Waals surface area contributed by atoms with E-state index in [0.29, 0.717) is 140 Å². The summed E-state index contributed by atoms with van der Waals surface area (Å²) in [5.41, 5.74) is 15.2. The van der Waals surface area contributed by atoms with E-state index in [4.69, 9.17) is 68.6 Å². The summed E-state index contributed by atoms with van der Waals surface area (Å²) in [7, 11) is 0. The molecule has 0 radical (unpaired) electrons. The van der Waals surface area contributed by atoms with Gasteiger partial charge in [0.05, 0.1) is 119 Å². The number of anilines is 3. The van der Waals surface area contributed by atoms with Crippen LogP contribution in [-0.4, -0.2) is 132 Å². The number of thiazole rings is 3. The highest BCUT2D eigenvalue weighted by atomic mass is 35.5. The Labute approximate surface area is 658 Å². The van der Waals surface area contributed by atoms with E-state index in [-0.39, 0.29) is 98.6 Å². The van der Waals surface area contributed by atoms with E-state index in [1.807, 2.05) is 23.1 Å². The number of Topliss-reactive ketones (excluding diaryl/α,β-unsaturated/α-hetero) is 2. The number of para-hydroxylation sites is 1. The number of carbonyl (C=O) groups is 3. The van der Waals surface area contributed by atoms with Gasteiger partial charge in [0.25, 0.3) is 0 Å². The summed E-state index contributed by atoms with van der Waals surface area (Å²) < 4.78 is 123. The minimum atomic E-state index is -5.13. The fourth-order valence-corrected chi connectivity index (χ4v) is 19.3. The number of carbonyl (C=O) groups excluding carboxylic acids is 3. The molecule has 6 fully saturated rings. The van der Waals surface area contributed by atoms with Crippen LogP contribution in [0.1, 0.15) is 137 Å². The van der Waals surface area contributed by atoms with Gasteiger partial charge in [0, 0.05) is 79.3 Å². The van der Waals surface area contributed by atoms with Crippen LogP contribution in [-0.2, 0) is 30.4 Å². The molecule has 6 aliphatic rings. The van der Waals surface area contributed by atoms with E-state index in [1.54, 1.807) is 24.3 Å². The van der Waals surface area contributed by atoms with Gasteiger partial charge < -0.3 is 54.7 Å². The molecule has 33 heteroatoms. The maximum Gasteiger partial charge on any atom is 0.573 e. The van der Waals surface area contributed by atoms with Crippen LogP contribution in [0.25, 0.3) is 41.9 Å². The Hall–Kier alpha value is -9.65. The van der Waals surface area contributed by atoms with Gasteiger partial charge in [-0.25, -0.2) is 33.7 Å². The van der Waals surface area contributed by atoms with Crippen molar-refractivity contribution in [3.05, 3.63) is 175 Å². The maximum atomic E-state index is 17.4. The number of nitrogens with zero attached hydrogens (tertiary/aromatic N) is 9. The molecule has 3 aliphatic heterocycles. The quantitative estimate of drug-likeness (QED) is 0.0138. The summed E-state index contributed by atoms with van der Waals surface area (Å²) in [6, 6.07) is 26.1. The number of amides is 1. The minimum absolute atomic E-state index is 0.00267. The van der Waals surface area contributed by atoms with Crippen molar-refractivity contribution in [2.45, 2.75) is 113 Å². The normalized spacial score (nSPS) is 19.6. The van der Waals surface area contributed by atoms with Gasteiger partial charge in [-0.05, 0) is 172 Å². The van der Waals surface area contributed by atoms with E-state index >= 15 is 13.2 Å². The molecule has 0 bridgehead atoms. The number of benzene rings is 6. The molecule has 10 aromatic rings. The second kappa shape index (κ2) is 31.4. The molecule has 3 saturated heterocycles. The molecule has 3 aliphatic carbocycles. The van der Waals surface area contributed by atoms with Gasteiger partial charge in [-0.2, -0.15) is 5.26 Å². The lowest BCUT2D eigenvalue weighted by Gasteiger charge is -2.32. The molecule has 6 atom stereocenters. The second-order valence-electron chi connectivity index (χ2n) is 29.2. The molecule has 112 heavy (non-hydrogen) atoms. The summed E-state index contributed by atoms with van der Waals surface area (Å²) >= 11 is 18.4. The predicted molar refractivity (Wildman–Crippen MR) is 412 cm³/mol. The number of nitrogens with one attached hydrogen (secondary N) is 4. The molecule has 6 N–H and O–H groups in total. The first-order valence-electron chi connectivity index (χ1n) is 36.7. The number of rotatable bonds is 27. The number of ether oxygens (including phenoxy) is 4. The van der Waals surface area contributed by atoms with E-state index in [2.05, 4.69) is 35.9 Å². The Morgan fingerprint density at radius 2 is 1.21 bits per heavy atom. The average molecular weight is 1620 g/mol. The molecule has 6 unspecified atom stereocenters. The van der Waals surface area contributed by atoms with Crippen LogP contribution in [0.2, 0.25) is 10.0 Å². The van der Waals surface area contributed by atoms with E-state index in [0.717, 1.165) is 42.8 Å². The Bertz CT molecular complexity index is 5440. The molecule has 6 aromatic carbocycles. The van der Waals surface area contributed by atoms with Crippen molar-refractivity contribution in [1.82, 2.24) is 20.1 Å². The highest BCUT2D eigenvalue weighted by Gasteiger charge is 2.50. The van der Waals surface area contributed by atoms with Crippen molar-refractivity contribution in [2.75, 3.05) is 67.2 Å². The monoisotopic (exact) mass is 1620 g/mol. The second-order valence-corrected chi connectivity index (χ2v) is 33.0. The molecule has 22 nitrogen and oxygen atoms in total. The standard InChI is InChI=1S/C79H70Cl2F6N14O8S3/c80-54-24-41(26-56(82)65(54)68(90)52(71(102)38-6-7-38)35-106-44-11-17-100(18-12-44)77-95-60-10-8-39(74(91)97-93)29-63(60)111-77)48-32-50(48)73-53(36-107-45-13-19-99(20-14-45)76-94-59-9-5-37(33-88)23-62(59)110-76)69(98-109-73)66-55(81)25-40(27-57(66)83)47-31-49(47)72(103)51(67(89)46-3-1-2-4-61(46)108-79(85,86)87)34-105-43-15-21-101(22-16-43)78-96-70-58(84)28-42(75(92)104)30-64(70)112-78/h1-5,8-10,23-30,38,43-45,47-52,89-91,93H,6-7,11-22,31-32,34-36H2,(H2,92,104). The lowest BCUT2D eigenvalue weighted by Crippen LogP contribution is -2.39. The number of aromatic nitrogens is 4. The Kier molecular flexibility index (Phi) is 21.4. The van der Waals surface area contributed by atoms with Crippen LogP contribution >= 0.6 is 57.2 Å². The third kappa shape index (κ3) is 15.9. The number of halogens is 8. The zero-order valence-corrected chi connectivity index (χ0v) is 63.5. The van der Waals surface area contributed by atoms with Gasteiger partial charge in [-0.1, -0.05) is 74.5 Å². The van der Waals surface area contributed by atoms with Crippen LogP contribution in [0.3, 0.4) is 0 Å². The van der Waals surface area contributed by atoms with Crippen LogP contribution in [0.5, 0.6) is 5.75 Å². The highest BCUT2D eigenvalue weighted by Crippen LogP contribution is 2.58. The van der Waals surface area contributed by atoms with E-state index in [1.165, 1.54) is 76.5 Å². The Balaban J connectivity index is 0.622. The van der Waals surface area contributed by atoms with Gasteiger partial charge in [0.1, 0.15) is 45.9 Å². The molecule has 16 rings (SSSR count). The number of piperidine rings is 3. The fraction of sp³-hybridized carbons (Fsp3) is 0.380. The van der Waals surface area contributed by atoms with Crippen molar-refractivity contribution >= 4 is 138 Å². The Morgan fingerprint density at radius 3 is 1.82 bits per heavy atom. The van der Waals surface area contributed by atoms with E-state index in [9.17, 15) is 43.6 Å². The van der Waals surface area contributed by atoms with Gasteiger partial charge in [-0.15, -0.1) is 18.3 Å². The zero-order chi connectivity index (χ0) is 78.1. The summed E-state index contributed by atoms with van der Waals surface area (Å²) in [4.78, 5) is 61.2. The first kappa shape index (κ1) is 76.3. The minimum Gasteiger partial charge on any atom is -0.405 e. The van der Waals surface area contributed by atoms with Crippen molar-refractivity contribution in [3.63, 3.8) is 0 Å². The summed E-state index contributed by atoms with van der Waals surface area (Å²) in [5, 5.41) is 46.0. The topological polar surface area (TPSA) is 320 Å². The molecular weight excluding hydrogens is 1550 g/mol. The summed E-state index contributed by atoms with van der Waals surface area (Å²) in [6.45, 7) is 2.51. The van der Waals surface area contributed by atoms with Crippen LogP contribution in [0.4, 0.5) is 41.7 Å². The number of hydrogen-bond acceptors (Lipinski definition) is 23. The smallest absolute Gasteiger partial charge is 0.405 e. The lowest BCUT2D eigenvalue weighted by atomic mass is 9.89. The van der Waals surface area contributed by atoms with E-state index < -0.39 is 95.2 Å². The van der Waals surface area contributed by atoms with Gasteiger partial charge in [0.15, 0.2) is 27.0 Å². The number of ketones is 2. The highest BCUT2D eigenvalue weighted by molar-refractivity contribution is 7.23. The fourth-order valence-electron chi connectivity index (χ4n) is 15.5. The molecule has 3 saturated carbocycles. The predicted octanol–water partition coefficient (Wildman–Crippen LogP) is 17.3. The van der Waals surface area contributed by atoms with Gasteiger partial charge in [-0.3, -0.25) is 19.8 Å². The molecule has 1 amide bonds. The molecule has 0 spiro atoms. The molecular formula is C79H70Cl2F6N14O8S3. The number of nitriles is 1. The van der Waals surface area contributed by atoms with Crippen LogP contribution in [0, 0.1) is 74.2 Å². The van der Waals surface area contributed by atoms with Crippen molar-refractivity contribution < 1.29 is 64.2 Å². The van der Waals surface area contributed by atoms with Crippen LogP contribution < -0.4 is 25.2 Å². The number of primary amides is 1. The number of fused-ring (bicyclic) bond motifs is 3. The lowest BCUT2D eigenvalue weighted by molar-refractivity contribution is -0.274. The number of hydrogen-bond donors (Lipinski definition) is 5. The van der Waals surface area contributed by atoms with Gasteiger partial charge >= 0.3 is 6.36 Å². The number of alkyl halides is 3. The summed E-state index contributed by atoms with van der Waals surface area (Å²) in [5.74, 6) is -9.45. The third-order valence-electron chi connectivity index (χ3n) is 21.9. The number of nitrogens with two attached hydrogens (primary N) is 1. The summed E-state index contributed by atoms with van der Waals surface area (Å²) in [6.07, 6.45) is -1.11. The van der Waals surface area contributed by atoms with Crippen molar-refractivity contribution in [2.24, 2.45) is 34.5 Å². The van der Waals surface area contributed by atoms with Gasteiger partial charge in [0.2, 0.25) is 5.91 Å². The third-order valence-corrected chi connectivity index (χ3v) is 25.8. The van der Waals surface area contributed by atoms with Crippen LogP contribution in [0.15, 0.2) is 107 Å². The average Bonchev–Trinajstić information content (AvgIpc) is 1.52. The zero-order valence-electron chi connectivity index (χ0n) is 59.6. The Morgan fingerprint density at radius 1 is 0.643 bits per heavy atom. The molecule has 7 heterocycles. The SMILES string of the molecule is N#Cc1ccc2nc(N3CCC(OCc4c(-c5c(F)cc(C6CC6C(=O)C(COC6CCN(c7nc8c(F)cc(C(N)=O)cc8s7)CC6)C(=N)c6ccccc6OC(F)(F)F)cc5Cl)noc4C4CC4c4cc(F)c(C(=N)C(COC5CCN(c6nc7ccc(C(=N)N=N)cc7s6)CC5)C(=O)C5CC5)c(Cl)c4)CC3)sc2c1. The molecule has 578 valence electrons. The first-order chi connectivity index (χ1) is 53.9. The maximum absolute atomic E-state index is 17.4. The number of amidine groups is 1. The largest absolute Gasteiger partial charge is 0.573 e. The molecule has 4 aromatic heterocycles. The first-order valence-corrected chi connectivity index (χ1v) is 39.9. The van der Waals surface area contributed by atoms with Crippen molar-refractivity contribution in [1.29, 1.82) is 27.0 Å². The van der Waals surface area contributed by atoms with Crippen molar-refractivity contribution in [3.8, 4) is 23.1 Å².